The van der Waals surface area contributed by atoms with Gasteiger partial charge in [-0.25, -0.2) is 0 Å². The van der Waals surface area contributed by atoms with Crippen molar-refractivity contribution in [3.05, 3.63) is 63.1 Å². The van der Waals surface area contributed by atoms with Gasteiger partial charge in [0.1, 0.15) is 0 Å². The summed E-state index contributed by atoms with van der Waals surface area (Å²) in [5.41, 5.74) is 2.44. The summed E-state index contributed by atoms with van der Waals surface area (Å²) in [7, 11) is -1.32. The molecule has 0 fully saturated rings. The van der Waals surface area contributed by atoms with E-state index in [4.69, 9.17) is 28.5 Å². The van der Waals surface area contributed by atoms with Crippen LogP contribution in [0.5, 0.6) is 0 Å². The maximum atomic E-state index is 12.4. The van der Waals surface area contributed by atoms with Gasteiger partial charge >= 0.3 is 0 Å². The van der Waals surface area contributed by atoms with Gasteiger partial charge in [-0.1, -0.05) is 35.3 Å². The highest BCUT2D eigenvalue weighted by atomic mass is 35.5. The van der Waals surface area contributed by atoms with E-state index < -0.39 is 10.8 Å². The van der Waals surface area contributed by atoms with E-state index in [2.05, 4.69) is 6.07 Å². The van der Waals surface area contributed by atoms with Gasteiger partial charge in [0.25, 0.3) is 0 Å². The Bertz CT molecular complexity index is 702. The molecule has 0 spiro atoms. The van der Waals surface area contributed by atoms with Crippen LogP contribution in [-0.2, 0) is 16.6 Å². The van der Waals surface area contributed by atoms with Gasteiger partial charge in [0.05, 0.1) is 43.1 Å². The number of rotatable bonds is 3. The number of hydrogen-bond donors (Lipinski definition) is 0. The molecule has 2 aromatic carbocycles. The average Bonchev–Trinajstić information content (AvgIpc) is 2.41. The van der Waals surface area contributed by atoms with E-state index in [0.29, 0.717) is 26.3 Å². The van der Waals surface area contributed by atoms with Gasteiger partial charge < -0.3 is 0 Å². The molecular formula is C15H11Cl2NOS. The molecule has 0 bridgehead atoms. The molecule has 102 valence electrons. The van der Waals surface area contributed by atoms with Crippen LogP contribution < -0.4 is 0 Å². The molecule has 5 heteroatoms. The first-order valence-electron chi connectivity index (χ1n) is 5.85. The SMILES string of the molecule is Cc1cc(C#N)ccc1CS(=O)c1c(Cl)cccc1Cl. The molecule has 0 aromatic heterocycles. The Morgan fingerprint density at radius 3 is 2.40 bits per heavy atom. The zero-order valence-electron chi connectivity index (χ0n) is 10.7. The summed E-state index contributed by atoms with van der Waals surface area (Å²) in [5.74, 6) is 0.320. The van der Waals surface area contributed by atoms with Gasteiger partial charge in [-0.15, -0.1) is 0 Å². The number of hydrogen-bond acceptors (Lipinski definition) is 2. The molecule has 2 aromatic rings. The normalized spacial score (nSPS) is 11.9. The second kappa shape index (κ2) is 6.41. The van der Waals surface area contributed by atoms with Crippen LogP contribution in [0.4, 0.5) is 0 Å². The maximum absolute atomic E-state index is 12.4. The second-order valence-electron chi connectivity index (χ2n) is 4.29. The lowest BCUT2D eigenvalue weighted by Crippen LogP contribution is -2.00. The third kappa shape index (κ3) is 3.21. The number of nitrogens with zero attached hydrogens (tertiary/aromatic N) is 1. The lowest BCUT2D eigenvalue weighted by atomic mass is 10.1. The Morgan fingerprint density at radius 2 is 1.85 bits per heavy atom. The van der Waals surface area contributed by atoms with Crippen molar-refractivity contribution in [3.63, 3.8) is 0 Å². The zero-order chi connectivity index (χ0) is 14.7. The fourth-order valence-electron chi connectivity index (χ4n) is 1.84. The van der Waals surface area contributed by atoms with Gasteiger partial charge in [-0.3, -0.25) is 4.21 Å². The summed E-state index contributed by atoms with van der Waals surface area (Å²) in [5, 5.41) is 9.65. The van der Waals surface area contributed by atoms with Crippen LogP contribution in [0, 0.1) is 18.3 Å². The van der Waals surface area contributed by atoms with Crippen molar-refractivity contribution in [2.75, 3.05) is 0 Å². The first-order chi connectivity index (χ1) is 9.52. The third-order valence-electron chi connectivity index (χ3n) is 2.90. The fraction of sp³-hybridized carbons (Fsp3) is 0.133. The smallest absolute Gasteiger partial charge is 0.0991 e. The highest BCUT2D eigenvalue weighted by Gasteiger charge is 2.14. The minimum absolute atomic E-state index is 0.320. The predicted octanol–water partition coefficient (Wildman–Crippen LogP) is 4.48. The fourth-order valence-corrected chi connectivity index (χ4v) is 4.08. The summed E-state index contributed by atoms with van der Waals surface area (Å²) in [6, 6.07) is 12.5. The van der Waals surface area contributed by atoms with E-state index in [1.54, 1.807) is 30.3 Å². The zero-order valence-corrected chi connectivity index (χ0v) is 13.0. The lowest BCUT2D eigenvalue weighted by Gasteiger charge is -2.09. The molecule has 0 saturated heterocycles. The lowest BCUT2D eigenvalue weighted by molar-refractivity contribution is 0.682. The summed E-state index contributed by atoms with van der Waals surface area (Å²) in [6.45, 7) is 1.89. The van der Waals surface area contributed by atoms with Crippen molar-refractivity contribution in [3.8, 4) is 6.07 Å². The van der Waals surface area contributed by atoms with Crippen molar-refractivity contribution in [2.24, 2.45) is 0 Å². The molecule has 0 aliphatic rings. The van der Waals surface area contributed by atoms with E-state index in [1.165, 1.54) is 0 Å². The molecular weight excluding hydrogens is 313 g/mol. The molecule has 2 nitrogen and oxygen atoms in total. The molecule has 0 aliphatic heterocycles. The van der Waals surface area contributed by atoms with Gasteiger partial charge in [0, 0.05) is 0 Å². The molecule has 1 unspecified atom stereocenters. The highest BCUT2D eigenvalue weighted by molar-refractivity contribution is 7.84. The molecule has 0 amide bonds. The molecule has 0 saturated carbocycles. The van der Waals surface area contributed by atoms with E-state index in [9.17, 15) is 4.21 Å². The minimum Gasteiger partial charge on any atom is -0.254 e. The standard InChI is InChI=1S/C15H11Cl2NOS/c1-10-7-11(8-18)5-6-12(10)9-20(19)15-13(16)3-2-4-14(15)17/h2-7H,9H2,1H3. The van der Waals surface area contributed by atoms with Gasteiger partial charge in [0.15, 0.2) is 0 Å². The molecule has 0 heterocycles. The quantitative estimate of drug-likeness (QED) is 0.835. The van der Waals surface area contributed by atoms with Crippen LogP contribution in [0.25, 0.3) is 0 Å². The Morgan fingerprint density at radius 1 is 1.20 bits per heavy atom. The maximum Gasteiger partial charge on any atom is 0.0991 e. The van der Waals surface area contributed by atoms with E-state index in [0.717, 1.165) is 11.1 Å². The number of nitriles is 1. The number of benzene rings is 2. The predicted molar refractivity (Wildman–Crippen MR) is 82.5 cm³/mol. The Kier molecular flexibility index (Phi) is 4.82. The van der Waals surface area contributed by atoms with Crippen LogP contribution in [0.2, 0.25) is 10.0 Å². The largest absolute Gasteiger partial charge is 0.254 e. The first-order valence-corrected chi connectivity index (χ1v) is 7.92. The first kappa shape index (κ1) is 15.1. The van der Waals surface area contributed by atoms with Crippen LogP contribution in [0.3, 0.4) is 0 Å². The Balaban J connectivity index is 2.31. The average molecular weight is 324 g/mol. The van der Waals surface area contributed by atoms with Crippen LogP contribution >= 0.6 is 23.2 Å². The molecule has 20 heavy (non-hydrogen) atoms. The molecule has 2 rings (SSSR count). The molecule has 0 N–H and O–H groups in total. The number of aryl methyl sites for hydroxylation is 1. The van der Waals surface area contributed by atoms with Gasteiger partial charge in [-0.2, -0.15) is 5.26 Å². The minimum atomic E-state index is -1.32. The Hall–Kier alpha value is -1.34. The van der Waals surface area contributed by atoms with E-state index in [-0.39, 0.29) is 0 Å². The topological polar surface area (TPSA) is 40.9 Å². The van der Waals surface area contributed by atoms with Crippen molar-refractivity contribution in [2.45, 2.75) is 17.6 Å². The van der Waals surface area contributed by atoms with Crippen molar-refractivity contribution in [1.29, 1.82) is 5.26 Å². The van der Waals surface area contributed by atoms with Crippen LogP contribution in [0.1, 0.15) is 16.7 Å². The molecule has 0 aliphatic carbocycles. The van der Waals surface area contributed by atoms with Crippen molar-refractivity contribution < 1.29 is 4.21 Å². The van der Waals surface area contributed by atoms with Crippen LogP contribution in [-0.4, -0.2) is 4.21 Å². The van der Waals surface area contributed by atoms with Crippen molar-refractivity contribution >= 4 is 34.0 Å². The van der Waals surface area contributed by atoms with Gasteiger partial charge in [-0.05, 0) is 42.3 Å². The van der Waals surface area contributed by atoms with Crippen molar-refractivity contribution in [1.82, 2.24) is 0 Å². The Labute approximate surface area is 130 Å². The van der Waals surface area contributed by atoms with E-state index >= 15 is 0 Å². The summed E-state index contributed by atoms with van der Waals surface area (Å²) < 4.78 is 12.4. The highest BCUT2D eigenvalue weighted by Crippen LogP contribution is 2.29. The monoisotopic (exact) mass is 323 g/mol. The molecule has 1 atom stereocenters. The summed E-state index contributed by atoms with van der Waals surface area (Å²) in [6.07, 6.45) is 0. The van der Waals surface area contributed by atoms with Crippen LogP contribution in [0.15, 0.2) is 41.3 Å². The molecule has 0 radical (unpaired) electrons. The summed E-state index contributed by atoms with van der Waals surface area (Å²) in [4.78, 5) is 0.458. The van der Waals surface area contributed by atoms with E-state index in [1.807, 2.05) is 13.0 Å². The third-order valence-corrected chi connectivity index (χ3v) is 5.23. The number of halogens is 2. The summed E-state index contributed by atoms with van der Waals surface area (Å²) >= 11 is 12.1. The second-order valence-corrected chi connectivity index (χ2v) is 6.50. The van der Waals surface area contributed by atoms with Gasteiger partial charge in [0.2, 0.25) is 0 Å².